The van der Waals surface area contributed by atoms with Crippen LogP contribution in [0.1, 0.15) is 40.0 Å². The van der Waals surface area contributed by atoms with Crippen LogP contribution in [0.5, 0.6) is 0 Å². The van der Waals surface area contributed by atoms with Crippen molar-refractivity contribution in [2.45, 2.75) is 40.0 Å². The zero-order valence-electron chi connectivity index (χ0n) is 10.8. The summed E-state index contributed by atoms with van der Waals surface area (Å²) >= 11 is 0. The molecule has 0 heterocycles. The highest BCUT2D eigenvalue weighted by molar-refractivity contribution is 4.92. The van der Waals surface area contributed by atoms with Gasteiger partial charge in [-0.15, -0.1) is 0 Å². The van der Waals surface area contributed by atoms with Crippen molar-refractivity contribution < 1.29 is 4.74 Å². The summed E-state index contributed by atoms with van der Waals surface area (Å²) in [6.45, 7) is 10.1. The van der Waals surface area contributed by atoms with Crippen LogP contribution in [-0.2, 0) is 4.74 Å². The van der Waals surface area contributed by atoms with E-state index in [0.717, 1.165) is 31.5 Å². The molecule has 15 heavy (non-hydrogen) atoms. The molecule has 0 radical (unpaired) electrons. The van der Waals surface area contributed by atoms with Crippen molar-refractivity contribution in [2.75, 3.05) is 26.8 Å². The van der Waals surface area contributed by atoms with Crippen molar-refractivity contribution in [3.63, 3.8) is 0 Å². The molecule has 0 bridgehead atoms. The first-order chi connectivity index (χ1) is 7.08. The second-order valence-electron chi connectivity index (χ2n) is 5.70. The van der Waals surface area contributed by atoms with Gasteiger partial charge in [0.2, 0.25) is 0 Å². The minimum Gasteiger partial charge on any atom is -0.385 e. The second-order valence-corrected chi connectivity index (χ2v) is 5.70. The first-order valence-electron chi connectivity index (χ1n) is 6.28. The minimum atomic E-state index is 0.463. The molecule has 0 aliphatic heterocycles. The van der Waals surface area contributed by atoms with E-state index in [9.17, 15) is 0 Å². The molecule has 1 N–H and O–H groups in total. The van der Waals surface area contributed by atoms with E-state index in [-0.39, 0.29) is 0 Å². The van der Waals surface area contributed by atoms with Gasteiger partial charge in [0.1, 0.15) is 0 Å². The maximum Gasteiger partial charge on any atom is 0.0468 e. The third kappa shape index (κ3) is 4.52. The summed E-state index contributed by atoms with van der Waals surface area (Å²) in [6, 6.07) is 0. The van der Waals surface area contributed by atoms with Gasteiger partial charge in [0.05, 0.1) is 0 Å². The van der Waals surface area contributed by atoms with Gasteiger partial charge in [-0.3, -0.25) is 0 Å². The first-order valence-corrected chi connectivity index (χ1v) is 6.28. The lowest BCUT2D eigenvalue weighted by Crippen LogP contribution is -2.36. The van der Waals surface area contributed by atoms with E-state index >= 15 is 0 Å². The van der Waals surface area contributed by atoms with Crippen molar-refractivity contribution >= 4 is 0 Å². The van der Waals surface area contributed by atoms with E-state index in [4.69, 9.17) is 4.74 Å². The monoisotopic (exact) mass is 213 g/mol. The molecule has 1 unspecified atom stereocenters. The normalized spacial score (nSPS) is 20.6. The molecule has 0 amide bonds. The second kappa shape index (κ2) is 5.86. The van der Waals surface area contributed by atoms with E-state index in [0.29, 0.717) is 5.41 Å². The van der Waals surface area contributed by atoms with Crippen molar-refractivity contribution in [3.8, 4) is 0 Å². The molecule has 1 aliphatic carbocycles. The van der Waals surface area contributed by atoms with Gasteiger partial charge < -0.3 is 10.1 Å². The Bertz CT molecular complexity index is 177. The molecule has 0 aromatic heterocycles. The quantitative estimate of drug-likeness (QED) is 0.669. The highest BCUT2D eigenvalue weighted by Gasteiger charge is 2.40. The van der Waals surface area contributed by atoms with Crippen molar-refractivity contribution in [1.82, 2.24) is 5.32 Å². The zero-order chi connectivity index (χ0) is 11.3. The number of hydrogen-bond acceptors (Lipinski definition) is 2. The Balaban J connectivity index is 2.28. The Morgan fingerprint density at radius 3 is 2.53 bits per heavy atom. The van der Waals surface area contributed by atoms with Gasteiger partial charge in [-0.25, -0.2) is 0 Å². The number of rotatable bonds is 8. The molecule has 0 spiro atoms. The molecule has 1 rings (SSSR count). The summed E-state index contributed by atoms with van der Waals surface area (Å²) in [6.07, 6.45) is 4.03. The fourth-order valence-electron chi connectivity index (χ4n) is 2.20. The molecule has 90 valence electrons. The maximum atomic E-state index is 5.22. The number of ether oxygens (including phenoxy) is 1. The lowest BCUT2D eigenvalue weighted by atomic mass is 9.81. The predicted molar refractivity (Wildman–Crippen MR) is 65.0 cm³/mol. The highest BCUT2D eigenvalue weighted by atomic mass is 16.5. The first kappa shape index (κ1) is 13.0. The van der Waals surface area contributed by atoms with E-state index in [1.807, 2.05) is 0 Å². The van der Waals surface area contributed by atoms with E-state index in [2.05, 4.69) is 26.1 Å². The largest absolute Gasteiger partial charge is 0.385 e. The molecule has 1 atom stereocenters. The molecular formula is C13H27NO. The van der Waals surface area contributed by atoms with Crippen molar-refractivity contribution in [3.05, 3.63) is 0 Å². The van der Waals surface area contributed by atoms with Crippen LogP contribution >= 0.6 is 0 Å². The molecule has 0 aromatic rings. The third-order valence-electron chi connectivity index (χ3n) is 3.52. The van der Waals surface area contributed by atoms with Gasteiger partial charge >= 0.3 is 0 Å². The van der Waals surface area contributed by atoms with Crippen molar-refractivity contribution in [2.24, 2.45) is 17.3 Å². The van der Waals surface area contributed by atoms with Crippen LogP contribution in [0.3, 0.4) is 0 Å². The molecule has 1 aliphatic rings. The third-order valence-corrected chi connectivity index (χ3v) is 3.52. The van der Waals surface area contributed by atoms with Crippen LogP contribution in [0.2, 0.25) is 0 Å². The average Bonchev–Trinajstić information content (AvgIpc) is 2.97. The maximum absolute atomic E-state index is 5.22. The van der Waals surface area contributed by atoms with Gasteiger partial charge in [0.25, 0.3) is 0 Å². The van der Waals surface area contributed by atoms with Crippen LogP contribution < -0.4 is 5.32 Å². The zero-order valence-corrected chi connectivity index (χ0v) is 10.8. The Morgan fingerprint density at radius 1 is 1.40 bits per heavy atom. The molecule has 0 saturated heterocycles. The van der Waals surface area contributed by atoms with E-state index < -0.39 is 0 Å². The molecule has 2 nitrogen and oxygen atoms in total. The summed E-state index contributed by atoms with van der Waals surface area (Å²) in [7, 11) is 1.80. The summed E-state index contributed by atoms with van der Waals surface area (Å²) < 4.78 is 5.22. The molecule has 1 fully saturated rings. The van der Waals surface area contributed by atoms with Crippen LogP contribution in [0.15, 0.2) is 0 Å². The van der Waals surface area contributed by atoms with E-state index in [1.165, 1.54) is 19.3 Å². The van der Waals surface area contributed by atoms with Crippen LogP contribution in [0, 0.1) is 17.3 Å². The number of methoxy groups -OCH3 is 1. The smallest absolute Gasteiger partial charge is 0.0468 e. The fraction of sp³-hybridized carbons (Fsp3) is 1.00. The Kier molecular flexibility index (Phi) is 5.07. The lowest BCUT2D eigenvalue weighted by Gasteiger charge is -2.30. The molecule has 1 saturated carbocycles. The summed E-state index contributed by atoms with van der Waals surface area (Å²) in [5.41, 5.74) is 0.463. The SMILES string of the molecule is COCCC(C)(CNCC(C)C)C1CC1. The lowest BCUT2D eigenvalue weighted by molar-refractivity contribution is 0.128. The standard InChI is InChI=1S/C13H27NO/c1-11(2)9-14-10-13(3,7-8-15-4)12-5-6-12/h11-12,14H,5-10H2,1-4H3. The summed E-state index contributed by atoms with van der Waals surface area (Å²) in [5.74, 6) is 1.68. The predicted octanol–water partition coefficient (Wildman–Crippen LogP) is 2.68. The molecule has 0 aromatic carbocycles. The van der Waals surface area contributed by atoms with Gasteiger partial charge in [0, 0.05) is 20.3 Å². The summed E-state index contributed by atoms with van der Waals surface area (Å²) in [5, 5.41) is 3.60. The summed E-state index contributed by atoms with van der Waals surface area (Å²) in [4.78, 5) is 0. The fourth-order valence-corrected chi connectivity index (χ4v) is 2.20. The van der Waals surface area contributed by atoms with Gasteiger partial charge in [-0.1, -0.05) is 20.8 Å². The van der Waals surface area contributed by atoms with Crippen LogP contribution in [0.4, 0.5) is 0 Å². The number of nitrogens with one attached hydrogen (secondary N) is 1. The topological polar surface area (TPSA) is 21.3 Å². The van der Waals surface area contributed by atoms with Gasteiger partial charge in [-0.2, -0.15) is 0 Å². The Hall–Kier alpha value is -0.0800. The van der Waals surface area contributed by atoms with Crippen LogP contribution in [-0.4, -0.2) is 26.8 Å². The van der Waals surface area contributed by atoms with Crippen LogP contribution in [0.25, 0.3) is 0 Å². The van der Waals surface area contributed by atoms with Gasteiger partial charge in [0.15, 0.2) is 0 Å². The van der Waals surface area contributed by atoms with Crippen molar-refractivity contribution in [1.29, 1.82) is 0 Å². The number of hydrogen-bond donors (Lipinski definition) is 1. The molecular weight excluding hydrogens is 186 g/mol. The minimum absolute atomic E-state index is 0.463. The average molecular weight is 213 g/mol. The highest BCUT2D eigenvalue weighted by Crippen LogP contribution is 2.47. The van der Waals surface area contributed by atoms with E-state index in [1.54, 1.807) is 7.11 Å². The Morgan fingerprint density at radius 2 is 2.07 bits per heavy atom. The Labute approximate surface area is 94.8 Å². The van der Waals surface area contributed by atoms with Gasteiger partial charge in [-0.05, 0) is 43.1 Å². The molecule has 2 heteroatoms.